The molecule has 9 heteroatoms. The van der Waals surface area contributed by atoms with E-state index in [2.05, 4.69) is 10.3 Å². The number of ether oxygens (including phenoxy) is 2. The second kappa shape index (κ2) is 8.95. The highest BCUT2D eigenvalue weighted by Crippen LogP contribution is 2.32. The van der Waals surface area contributed by atoms with Crippen molar-refractivity contribution in [3.63, 3.8) is 0 Å². The molecule has 0 radical (unpaired) electrons. The number of morpholine rings is 1. The van der Waals surface area contributed by atoms with Gasteiger partial charge in [-0.15, -0.1) is 0 Å². The number of methoxy groups -OCH3 is 1. The van der Waals surface area contributed by atoms with Crippen LogP contribution in [0.1, 0.15) is 21.6 Å². The van der Waals surface area contributed by atoms with Crippen LogP contribution in [0.5, 0.6) is 11.5 Å². The summed E-state index contributed by atoms with van der Waals surface area (Å²) in [5.41, 5.74) is 2.84. The van der Waals surface area contributed by atoms with Crippen LogP contribution in [-0.2, 0) is 17.8 Å². The number of carbonyl (C=O) groups excluding carboxylic acids is 1. The topological polar surface area (TPSA) is 100 Å². The summed E-state index contributed by atoms with van der Waals surface area (Å²) >= 11 is 0. The number of nitrogens with one attached hydrogen (secondary N) is 1. The lowest BCUT2D eigenvalue weighted by atomic mass is 10.2. The largest absolute Gasteiger partial charge is 0.508 e. The lowest BCUT2D eigenvalue weighted by Gasteiger charge is -2.27. The molecule has 2 aliphatic heterocycles. The Labute approximate surface area is 191 Å². The van der Waals surface area contributed by atoms with Crippen LogP contribution in [0.2, 0.25) is 0 Å². The third-order valence-electron chi connectivity index (χ3n) is 5.77. The molecule has 0 spiro atoms. The number of benzene rings is 2. The first-order chi connectivity index (χ1) is 16.1. The maximum Gasteiger partial charge on any atom is 0.273 e. The number of aromatic nitrogens is 2. The summed E-state index contributed by atoms with van der Waals surface area (Å²) in [6.07, 6.45) is 0. The van der Waals surface area contributed by atoms with Gasteiger partial charge in [-0.25, -0.2) is 4.98 Å². The lowest BCUT2D eigenvalue weighted by Crippen LogP contribution is -2.37. The first-order valence-electron chi connectivity index (χ1n) is 10.8. The number of hydrogen-bond donors (Lipinski definition) is 2. The highest BCUT2D eigenvalue weighted by Gasteiger charge is 2.34. The summed E-state index contributed by atoms with van der Waals surface area (Å²) in [4.78, 5) is 26.5. The Kier molecular flexibility index (Phi) is 5.70. The quantitative estimate of drug-likeness (QED) is 0.595. The van der Waals surface area contributed by atoms with E-state index < -0.39 is 0 Å². The SMILES string of the molecule is COc1ccc(CN2Cc3c(Nc4cccc(O)c4)nc(N4CCOCC4)nc3C2=O)cc1. The fourth-order valence-electron chi connectivity index (χ4n) is 4.02. The Morgan fingerprint density at radius 1 is 1.12 bits per heavy atom. The highest BCUT2D eigenvalue weighted by molar-refractivity contribution is 5.98. The second-order valence-corrected chi connectivity index (χ2v) is 7.98. The van der Waals surface area contributed by atoms with E-state index >= 15 is 0 Å². The Bertz CT molecular complexity index is 1160. The van der Waals surface area contributed by atoms with Crippen LogP contribution in [0.3, 0.4) is 0 Å². The van der Waals surface area contributed by atoms with Gasteiger partial charge in [0.05, 0.1) is 26.9 Å². The molecule has 1 fully saturated rings. The van der Waals surface area contributed by atoms with Gasteiger partial charge >= 0.3 is 0 Å². The Morgan fingerprint density at radius 3 is 2.64 bits per heavy atom. The van der Waals surface area contributed by atoms with Crippen molar-refractivity contribution in [2.45, 2.75) is 13.1 Å². The van der Waals surface area contributed by atoms with E-state index in [9.17, 15) is 9.90 Å². The van der Waals surface area contributed by atoms with Crippen LogP contribution in [0.4, 0.5) is 17.5 Å². The zero-order chi connectivity index (χ0) is 22.8. The highest BCUT2D eigenvalue weighted by atomic mass is 16.5. The average molecular weight is 447 g/mol. The van der Waals surface area contributed by atoms with Gasteiger partial charge in [-0.2, -0.15) is 4.98 Å². The van der Waals surface area contributed by atoms with Crippen molar-refractivity contribution in [1.82, 2.24) is 14.9 Å². The molecule has 170 valence electrons. The van der Waals surface area contributed by atoms with Gasteiger partial charge in [0.25, 0.3) is 5.91 Å². The van der Waals surface area contributed by atoms with Gasteiger partial charge in [-0.1, -0.05) is 18.2 Å². The molecule has 3 heterocycles. The van der Waals surface area contributed by atoms with Gasteiger partial charge in [0.1, 0.15) is 23.0 Å². The van der Waals surface area contributed by atoms with Crippen LogP contribution in [0.25, 0.3) is 0 Å². The summed E-state index contributed by atoms with van der Waals surface area (Å²) < 4.78 is 10.7. The van der Waals surface area contributed by atoms with Crippen molar-refractivity contribution in [3.05, 3.63) is 65.4 Å². The zero-order valence-electron chi connectivity index (χ0n) is 18.3. The smallest absolute Gasteiger partial charge is 0.273 e. The number of anilines is 3. The van der Waals surface area contributed by atoms with Crippen LogP contribution >= 0.6 is 0 Å². The molecule has 2 aliphatic rings. The number of nitrogens with zero attached hydrogens (tertiary/aromatic N) is 4. The van der Waals surface area contributed by atoms with Crippen molar-refractivity contribution in [2.24, 2.45) is 0 Å². The van der Waals surface area contributed by atoms with E-state index in [4.69, 9.17) is 14.5 Å². The number of fused-ring (bicyclic) bond motifs is 1. The van der Waals surface area contributed by atoms with E-state index in [1.54, 1.807) is 30.2 Å². The Balaban J connectivity index is 1.47. The third kappa shape index (κ3) is 4.40. The van der Waals surface area contributed by atoms with Gasteiger partial charge in [-0.3, -0.25) is 4.79 Å². The lowest BCUT2D eigenvalue weighted by molar-refractivity contribution is 0.0762. The number of rotatable bonds is 6. The minimum Gasteiger partial charge on any atom is -0.508 e. The standard InChI is InChI=1S/C24H25N5O4/c1-32-19-7-5-16(6-8-19)14-29-15-20-21(23(29)31)26-24(28-9-11-33-12-10-28)27-22(20)25-17-3-2-4-18(30)13-17/h2-8,13,30H,9-12,14-15H2,1H3,(H,25,26,27). The van der Waals surface area contributed by atoms with Gasteiger partial charge in [0, 0.05) is 37.0 Å². The average Bonchev–Trinajstić information content (AvgIpc) is 3.16. The van der Waals surface area contributed by atoms with Gasteiger partial charge in [-0.05, 0) is 29.8 Å². The van der Waals surface area contributed by atoms with Gasteiger partial charge in [0.2, 0.25) is 5.95 Å². The van der Waals surface area contributed by atoms with Gasteiger partial charge in [0.15, 0.2) is 0 Å². The summed E-state index contributed by atoms with van der Waals surface area (Å²) in [6, 6.07) is 14.5. The molecule has 0 aliphatic carbocycles. The van der Waals surface area contributed by atoms with E-state index in [-0.39, 0.29) is 11.7 Å². The number of aromatic hydroxyl groups is 1. The fourth-order valence-corrected chi connectivity index (χ4v) is 4.02. The molecule has 0 atom stereocenters. The molecule has 0 bridgehead atoms. The molecule has 5 rings (SSSR count). The minimum atomic E-state index is -0.128. The third-order valence-corrected chi connectivity index (χ3v) is 5.77. The van der Waals surface area contributed by atoms with Crippen molar-refractivity contribution in [2.75, 3.05) is 43.6 Å². The van der Waals surface area contributed by atoms with Crippen LogP contribution in [0.15, 0.2) is 48.5 Å². The van der Waals surface area contributed by atoms with Crippen molar-refractivity contribution in [1.29, 1.82) is 0 Å². The first kappa shape index (κ1) is 21.0. The molecular weight excluding hydrogens is 422 g/mol. The number of amides is 1. The predicted molar refractivity (Wildman–Crippen MR) is 123 cm³/mol. The number of carbonyl (C=O) groups is 1. The molecule has 1 aromatic heterocycles. The summed E-state index contributed by atoms with van der Waals surface area (Å²) in [6.45, 7) is 3.35. The van der Waals surface area contributed by atoms with Crippen LogP contribution < -0.4 is 15.0 Å². The molecule has 1 saturated heterocycles. The fraction of sp³-hybridized carbons (Fsp3) is 0.292. The molecule has 2 N–H and O–H groups in total. The predicted octanol–water partition coefficient (Wildman–Crippen LogP) is 2.93. The number of phenolic OH excluding ortho intramolecular Hbond substituents is 1. The van der Waals surface area contributed by atoms with E-state index in [0.717, 1.165) is 16.9 Å². The van der Waals surface area contributed by atoms with Crippen LogP contribution in [-0.4, -0.2) is 59.3 Å². The Morgan fingerprint density at radius 2 is 1.91 bits per heavy atom. The molecular formula is C24H25N5O4. The van der Waals surface area contributed by atoms with Gasteiger partial charge < -0.3 is 29.7 Å². The summed E-state index contributed by atoms with van der Waals surface area (Å²) in [5, 5.41) is 13.1. The van der Waals surface area contributed by atoms with Crippen molar-refractivity contribution >= 4 is 23.4 Å². The number of hydrogen-bond acceptors (Lipinski definition) is 8. The molecule has 0 unspecified atom stereocenters. The van der Waals surface area contributed by atoms with Crippen molar-refractivity contribution in [3.8, 4) is 11.5 Å². The molecule has 9 nitrogen and oxygen atoms in total. The van der Waals surface area contributed by atoms with Crippen LogP contribution in [0, 0.1) is 0 Å². The van der Waals surface area contributed by atoms with E-state index in [0.29, 0.717) is 62.5 Å². The maximum absolute atomic E-state index is 13.3. The minimum absolute atomic E-state index is 0.128. The molecule has 33 heavy (non-hydrogen) atoms. The molecule has 3 aromatic rings. The normalized spacial score (nSPS) is 15.5. The monoisotopic (exact) mass is 447 g/mol. The van der Waals surface area contributed by atoms with E-state index in [1.165, 1.54) is 0 Å². The number of phenols is 1. The first-order valence-corrected chi connectivity index (χ1v) is 10.8. The maximum atomic E-state index is 13.3. The zero-order valence-corrected chi connectivity index (χ0v) is 18.3. The van der Waals surface area contributed by atoms with Crippen molar-refractivity contribution < 1.29 is 19.4 Å². The summed E-state index contributed by atoms with van der Waals surface area (Å²) in [5.74, 6) is 1.86. The van der Waals surface area contributed by atoms with E-state index in [1.807, 2.05) is 35.2 Å². The summed E-state index contributed by atoms with van der Waals surface area (Å²) in [7, 11) is 1.63. The Hall–Kier alpha value is -3.85. The molecule has 2 aromatic carbocycles. The molecule has 1 amide bonds. The molecule has 0 saturated carbocycles. The second-order valence-electron chi connectivity index (χ2n) is 7.98.